The molecular weight excluding hydrogens is 294 g/mol. The van der Waals surface area contributed by atoms with Crippen molar-refractivity contribution < 1.29 is 4.79 Å². The van der Waals surface area contributed by atoms with E-state index in [2.05, 4.69) is 22.2 Å². The summed E-state index contributed by atoms with van der Waals surface area (Å²) in [7, 11) is 0. The van der Waals surface area contributed by atoms with Crippen molar-refractivity contribution in [2.24, 2.45) is 0 Å². The van der Waals surface area contributed by atoms with Crippen LogP contribution in [0.4, 0.5) is 0 Å². The van der Waals surface area contributed by atoms with Crippen molar-refractivity contribution in [2.75, 3.05) is 6.54 Å². The Morgan fingerprint density at radius 3 is 2.90 bits per heavy atom. The van der Waals surface area contributed by atoms with Gasteiger partial charge in [0.15, 0.2) is 0 Å². The number of hydrogen-bond acceptors (Lipinski definition) is 4. The molecule has 2 rings (SSSR count). The Hall–Kier alpha value is -1.46. The zero-order chi connectivity index (χ0) is 14.4. The smallest absolute Gasteiger partial charge is 0.251 e. The zero-order valence-electron chi connectivity index (χ0n) is 11.2. The molecule has 0 spiro atoms. The number of nitrogens with one attached hydrogen (secondary N) is 1. The molecule has 6 heteroatoms. The van der Waals surface area contributed by atoms with Gasteiger partial charge in [-0.25, -0.2) is 9.97 Å². The molecule has 2 heterocycles. The highest BCUT2D eigenvalue weighted by atomic mass is 35.5. The van der Waals surface area contributed by atoms with E-state index in [9.17, 15) is 4.79 Å². The minimum Gasteiger partial charge on any atom is -0.352 e. The zero-order valence-corrected chi connectivity index (χ0v) is 12.8. The number of hydrogen-bond donors (Lipinski definition) is 1. The van der Waals surface area contributed by atoms with Gasteiger partial charge in [-0.2, -0.15) is 0 Å². The SMILES string of the molecule is CCCc1cc(C(=O)NCCc2cscn2)cc(Cl)n1. The van der Waals surface area contributed by atoms with Gasteiger partial charge in [-0.1, -0.05) is 24.9 Å². The van der Waals surface area contributed by atoms with Crippen LogP contribution in [0.15, 0.2) is 23.0 Å². The highest BCUT2D eigenvalue weighted by Gasteiger charge is 2.09. The molecule has 2 aromatic rings. The predicted octanol–water partition coefficient (Wildman–Crippen LogP) is 3.12. The standard InChI is InChI=1S/C14H16ClN3OS/c1-2-3-11-6-10(7-13(15)18-11)14(19)16-5-4-12-8-20-9-17-12/h6-9H,2-5H2,1H3,(H,16,19). The number of pyridine rings is 1. The fourth-order valence-corrected chi connectivity index (χ4v) is 2.65. The van der Waals surface area contributed by atoms with Crippen LogP contribution in [0.2, 0.25) is 5.15 Å². The Bertz CT molecular complexity index is 572. The number of carbonyl (C=O) groups excluding carboxylic acids is 1. The van der Waals surface area contributed by atoms with Crippen molar-refractivity contribution in [1.82, 2.24) is 15.3 Å². The molecule has 0 bridgehead atoms. The molecule has 106 valence electrons. The highest BCUT2D eigenvalue weighted by Crippen LogP contribution is 2.12. The van der Waals surface area contributed by atoms with Crippen LogP contribution in [0.1, 0.15) is 35.1 Å². The summed E-state index contributed by atoms with van der Waals surface area (Å²) in [6, 6.07) is 3.40. The van der Waals surface area contributed by atoms with Crippen LogP contribution >= 0.6 is 22.9 Å². The quantitative estimate of drug-likeness (QED) is 0.834. The number of thiazole rings is 1. The summed E-state index contributed by atoms with van der Waals surface area (Å²) in [6.45, 7) is 2.63. The normalized spacial score (nSPS) is 10.5. The molecule has 0 aliphatic carbocycles. The van der Waals surface area contributed by atoms with Crippen LogP contribution in [0.25, 0.3) is 0 Å². The first-order valence-electron chi connectivity index (χ1n) is 6.50. The molecule has 2 aromatic heterocycles. The maximum Gasteiger partial charge on any atom is 0.251 e. The van der Waals surface area contributed by atoms with Crippen LogP contribution in [0.5, 0.6) is 0 Å². The predicted molar refractivity (Wildman–Crippen MR) is 81.4 cm³/mol. The molecular formula is C14H16ClN3OS. The fraction of sp³-hybridized carbons (Fsp3) is 0.357. The van der Waals surface area contributed by atoms with E-state index in [1.165, 1.54) is 0 Å². The van der Waals surface area contributed by atoms with Gasteiger partial charge in [0.25, 0.3) is 5.91 Å². The summed E-state index contributed by atoms with van der Waals surface area (Å²) in [5.74, 6) is -0.123. The summed E-state index contributed by atoms with van der Waals surface area (Å²) in [6.07, 6.45) is 2.52. The molecule has 1 N–H and O–H groups in total. The van der Waals surface area contributed by atoms with Crippen molar-refractivity contribution >= 4 is 28.8 Å². The number of amides is 1. The third-order valence-corrected chi connectivity index (χ3v) is 3.59. The molecule has 20 heavy (non-hydrogen) atoms. The number of aromatic nitrogens is 2. The summed E-state index contributed by atoms with van der Waals surface area (Å²) in [5.41, 5.74) is 4.20. The van der Waals surface area contributed by atoms with Gasteiger partial charge in [-0.05, 0) is 18.6 Å². The number of nitrogens with zero attached hydrogens (tertiary/aromatic N) is 2. The Morgan fingerprint density at radius 1 is 1.35 bits per heavy atom. The minimum atomic E-state index is -0.123. The molecule has 0 radical (unpaired) electrons. The number of carbonyl (C=O) groups is 1. The van der Waals surface area contributed by atoms with E-state index in [-0.39, 0.29) is 5.91 Å². The number of rotatable bonds is 6. The fourth-order valence-electron chi connectivity index (χ4n) is 1.83. The largest absolute Gasteiger partial charge is 0.352 e. The van der Waals surface area contributed by atoms with E-state index < -0.39 is 0 Å². The van der Waals surface area contributed by atoms with Gasteiger partial charge in [0.1, 0.15) is 5.15 Å². The Kier molecular flexibility index (Phi) is 5.49. The molecule has 0 atom stereocenters. The second-order valence-corrected chi connectivity index (χ2v) is 5.51. The van der Waals surface area contributed by atoms with E-state index in [4.69, 9.17) is 11.6 Å². The lowest BCUT2D eigenvalue weighted by Crippen LogP contribution is -2.26. The first-order valence-corrected chi connectivity index (χ1v) is 7.83. The second kappa shape index (κ2) is 7.36. The van der Waals surface area contributed by atoms with Crippen molar-refractivity contribution in [3.05, 3.63) is 45.1 Å². The maximum absolute atomic E-state index is 12.1. The van der Waals surface area contributed by atoms with Gasteiger partial charge in [0.2, 0.25) is 0 Å². The Morgan fingerprint density at radius 2 is 2.20 bits per heavy atom. The third kappa shape index (κ3) is 4.28. The Balaban J connectivity index is 1.94. The van der Waals surface area contributed by atoms with E-state index in [1.54, 1.807) is 29.0 Å². The topological polar surface area (TPSA) is 54.9 Å². The summed E-state index contributed by atoms with van der Waals surface area (Å²) in [5, 5.41) is 5.22. The van der Waals surface area contributed by atoms with Crippen molar-refractivity contribution in [3.8, 4) is 0 Å². The van der Waals surface area contributed by atoms with Crippen molar-refractivity contribution in [2.45, 2.75) is 26.2 Å². The van der Waals surface area contributed by atoms with E-state index in [0.29, 0.717) is 17.3 Å². The van der Waals surface area contributed by atoms with Gasteiger partial charge in [0, 0.05) is 29.6 Å². The van der Waals surface area contributed by atoms with Gasteiger partial charge in [-0.3, -0.25) is 4.79 Å². The molecule has 0 unspecified atom stereocenters. The van der Waals surface area contributed by atoms with Crippen molar-refractivity contribution in [3.63, 3.8) is 0 Å². The minimum absolute atomic E-state index is 0.123. The third-order valence-electron chi connectivity index (χ3n) is 2.77. The van der Waals surface area contributed by atoms with Gasteiger partial charge >= 0.3 is 0 Å². The number of halogens is 1. The van der Waals surface area contributed by atoms with Crippen molar-refractivity contribution in [1.29, 1.82) is 0 Å². The lowest BCUT2D eigenvalue weighted by atomic mass is 10.1. The van der Waals surface area contributed by atoms with Gasteiger partial charge < -0.3 is 5.32 Å². The van der Waals surface area contributed by atoms with Crippen LogP contribution in [-0.2, 0) is 12.8 Å². The van der Waals surface area contributed by atoms with Crippen LogP contribution in [0.3, 0.4) is 0 Å². The average molecular weight is 310 g/mol. The lowest BCUT2D eigenvalue weighted by Gasteiger charge is -2.06. The Labute approximate surface area is 127 Å². The molecule has 0 saturated heterocycles. The molecule has 1 amide bonds. The van der Waals surface area contributed by atoms with Gasteiger partial charge in [0.05, 0.1) is 11.2 Å². The first kappa shape index (κ1) is 14.9. The molecule has 0 aromatic carbocycles. The monoisotopic (exact) mass is 309 g/mol. The van der Waals surface area contributed by atoms with E-state index in [1.807, 2.05) is 5.38 Å². The van der Waals surface area contributed by atoms with E-state index in [0.717, 1.165) is 30.7 Å². The molecule has 0 fully saturated rings. The molecule has 4 nitrogen and oxygen atoms in total. The lowest BCUT2D eigenvalue weighted by molar-refractivity contribution is 0.0954. The van der Waals surface area contributed by atoms with Crippen LogP contribution in [0, 0.1) is 0 Å². The highest BCUT2D eigenvalue weighted by molar-refractivity contribution is 7.07. The van der Waals surface area contributed by atoms with Crippen LogP contribution < -0.4 is 5.32 Å². The average Bonchev–Trinajstić information content (AvgIpc) is 2.91. The van der Waals surface area contributed by atoms with E-state index >= 15 is 0 Å². The summed E-state index contributed by atoms with van der Waals surface area (Å²) >= 11 is 7.50. The maximum atomic E-state index is 12.1. The van der Waals surface area contributed by atoms with Gasteiger partial charge in [-0.15, -0.1) is 11.3 Å². The second-order valence-electron chi connectivity index (χ2n) is 4.41. The summed E-state index contributed by atoms with van der Waals surface area (Å²) < 4.78 is 0. The first-order chi connectivity index (χ1) is 9.69. The molecule has 0 aliphatic rings. The van der Waals surface area contributed by atoms with Crippen LogP contribution in [-0.4, -0.2) is 22.4 Å². The molecule has 0 saturated carbocycles. The molecule has 0 aliphatic heterocycles. The number of aryl methyl sites for hydroxylation is 1. The summed E-state index contributed by atoms with van der Waals surface area (Å²) in [4.78, 5) is 20.4.